The zero-order valence-electron chi connectivity index (χ0n) is 14.9. The summed E-state index contributed by atoms with van der Waals surface area (Å²) in [7, 11) is 1.73. The van der Waals surface area contributed by atoms with Gasteiger partial charge in [0.25, 0.3) is 0 Å². The molecule has 0 radical (unpaired) electrons. The van der Waals surface area contributed by atoms with Crippen molar-refractivity contribution in [3.05, 3.63) is 34.9 Å². The second-order valence-corrected chi connectivity index (χ2v) is 8.08. The van der Waals surface area contributed by atoms with E-state index in [9.17, 15) is 5.11 Å². The van der Waals surface area contributed by atoms with Crippen molar-refractivity contribution < 1.29 is 9.84 Å². The smallest absolute Gasteiger partial charge is 0.131 e. The molecule has 0 aliphatic heterocycles. The third-order valence-corrected chi connectivity index (χ3v) is 7.06. The number of benzene rings is 1. The van der Waals surface area contributed by atoms with Gasteiger partial charge in [0.2, 0.25) is 0 Å². The van der Waals surface area contributed by atoms with Crippen molar-refractivity contribution in [3.8, 4) is 18.1 Å². The Hall–Kier alpha value is -1.72. The van der Waals surface area contributed by atoms with Crippen LogP contribution < -0.4 is 4.74 Å². The van der Waals surface area contributed by atoms with Crippen LogP contribution in [0.15, 0.2) is 23.8 Å². The highest BCUT2D eigenvalue weighted by Crippen LogP contribution is 2.62. The van der Waals surface area contributed by atoms with Gasteiger partial charge in [-0.1, -0.05) is 31.4 Å². The predicted molar refractivity (Wildman–Crippen MR) is 96.6 cm³/mol. The average Bonchev–Trinajstić information content (AvgIpc) is 2.86. The van der Waals surface area contributed by atoms with E-state index in [1.54, 1.807) is 12.7 Å². The van der Waals surface area contributed by atoms with E-state index in [-0.39, 0.29) is 5.41 Å². The predicted octanol–water partition coefficient (Wildman–Crippen LogP) is 4.22. The summed E-state index contributed by atoms with van der Waals surface area (Å²) >= 11 is 0. The maximum absolute atomic E-state index is 11.0. The molecule has 1 N–H and O–H groups in total. The molecule has 2 nitrogen and oxygen atoms in total. The molecule has 0 bridgehead atoms. The van der Waals surface area contributed by atoms with Crippen molar-refractivity contribution in [2.24, 2.45) is 17.3 Å². The molecular weight excluding hydrogens is 296 g/mol. The molecule has 24 heavy (non-hydrogen) atoms. The summed E-state index contributed by atoms with van der Waals surface area (Å²) in [5.41, 5.74) is 4.73. The quantitative estimate of drug-likeness (QED) is 0.785. The van der Waals surface area contributed by atoms with Gasteiger partial charge in [-0.15, -0.1) is 6.42 Å². The number of fused-ring (bicyclic) bond motifs is 4. The van der Waals surface area contributed by atoms with Gasteiger partial charge in [-0.3, -0.25) is 0 Å². The Balaban J connectivity index is 1.85. The molecule has 4 rings (SSSR count). The number of rotatable bonds is 1. The van der Waals surface area contributed by atoms with Crippen LogP contribution in [-0.4, -0.2) is 17.8 Å². The van der Waals surface area contributed by atoms with Gasteiger partial charge in [0.05, 0.1) is 7.11 Å². The lowest BCUT2D eigenvalue weighted by Crippen LogP contribution is -2.47. The lowest BCUT2D eigenvalue weighted by molar-refractivity contribution is -0.0227. The normalized spacial score (nSPS) is 37.3. The van der Waals surface area contributed by atoms with Crippen LogP contribution in [0.5, 0.6) is 5.75 Å². The molecule has 0 heterocycles. The number of ether oxygens (including phenoxy) is 1. The third-order valence-electron chi connectivity index (χ3n) is 7.06. The van der Waals surface area contributed by atoms with Gasteiger partial charge in [0.15, 0.2) is 0 Å². The Morgan fingerprint density at radius 2 is 2.12 bits per heavy atom. The molecule has 126 valence electrons. The molecule has 3 aliphatic carbocycles. The highest BCUT2D eigenvalue weighted by molar-refractivity contribution is 5.76. The van der Waals surface area contributed by atoms with Crippen LogP contribution in [0.4, 0.5) is 0 Å². The second kappa shape index (κ2) is 5.14. The standard InChI is InChI=1S/C22H26O2/c1-5-22(23)11-9-19-20-14(2)12-15-13-16(24-4)6-7-17(15)18(20)8-10-21(19,22)3/h1,6-7,13-14,19,23H,8-12H2,2-4H3/t14?,19-,21-,22+/m0/s1. The van der Waals surface area contributed by atoms with Crippen molar-refractivity contribution >= 4 is 5.57 Å². The minimum atomic E-state index is -0.948. The van der Waals surface area contributed by atoms with Crippen molar-refractivity contribution in [1.82, 2.24) is 0 Å². The van der Waals surface area contributed by atoms with Gasteiger partial charge < -0.3 is 9.84 Å². The Kier molecular flexibility index (Phi) is 3.38. The van der Waals surface area contributed by atoms with Crippen LogP contribution in [0.2, 0.25) is 0 Å². The van der Waals surface area contributed by atoms with E-state index in [1.165, 1.54) is 16.7 Å². The number of allylic oxidation sites excluding steroid dienone is 2. The van der Waals surface area contributed by atoms with Gasteiger partial charge >= 0.3 is 0 Å². The first kappa shape index (κ1) is 15.8. The van der Waals surface area contributed by atoms with Crippen LogP contribution in [0.1, 0.15) is 50.7 Å². The van der Waals surface area contributed by atoms with Crippen molar-refractivity contribution in [2.75, 3.05) is 7.11 Å². The maximum atomic E-state index is 11.0. The monoisotopic (exact) mass is 322 g/mol. The molecule has 1 aromatic rings. The average molecular weight is 322 g/mol. The van der Waals surface area contributed by atoms with Gasteiger partial charge in [0.1, 0.15) is 11.4 Å². The van der Waals surface area contributed by atoms with Crippen molar-refractivity contribution in [2.45, 2.75) is 51.6 Å². The Morgan fingerprint density at radius 1 is 1.33 bits per heavy atom. The van der Waals surface area contributed by atoms with Crippen LogP contribution in [0.25, 0.3) is 5.57 Å². The largest absolute Gasteiger partial charge is 0.497 e. The molecule has 4 atom stereocenters. The lowest BCUT2D eigenvalue weighted by atomic mass is 9.57. The summed E-state index contributed by atoms with van der Waals surface area (Å²) in [6.07, 6.45) is 10.5. The molecule has 2 heteroatoms. The van der Waals surface area contributed by atoms with E-state index < -0.39 is 5.60 Å². The van der Waals surface area contributed by atoms with E-state index >= 15 is 0 Å². The van der Waals surface area contributed by atoms with Gasteiger partial charge in [-0.2, -0.15) is 0 Å². The fraction of sp³-hybridized carbons (Fsp3) is 0.545. The highest BCUT2D eigenvalue weighted by atomic mass is 16.5. The van der Waals surface area contributed by atoms with Crippen LogP contribution in [0, 0.1) is 29.6 Å². The van der Waals surface area contributed by atoms with E-state index in [2.05, 4.69) is 38.0 Å². The summed E-state index contributed by atoms with van der Waals surface area (Å²) in [5, 5.41) is 11.0. The summed E-state index contributed by atoms with van der Waals surface area (Å²) in [6, 6.07) is 6.48. The number of aliphatic hydroxyl groups is 1. The summed E-state index contributed by atoms with van der Waals surface area (Å²) in [4.78, 5) is 0. The van der Waals surface area contributed by atoms with Crippen molar-refractivity contribution in [1.29, 1.82) is 0 Å². The molecule has 3 aliphatic rings. The second-order valence-electron chi connectivity index (χ2n) is 8.08. The zero-order chi connectivity index (χ0) is 17.1. The first-order valence-electron chi connectivity index (χ1n) is 9.04. The number of hydrogen-bond acceptors (Lipinski definition) is 2. The van der Waals surface area contributed by atoms with E-state index in [0.29, 0.717) is 11.8 Å². The molecule has 1 aromatic carbocycles. The van der Waals surface area contributed by atoms with E-state index in [4.69, 9.17) is 11.2 Å². The first-order valence-corrected chi connectivity index (χ1v) is 9.04. The summed E-state index contributed by atoms with van der Waals surface area (Å²) in [5.74, 6) is 4.59. The molecule has 1 unspecified atom stereocenters. The number of hydrogen-bond donors (Lipinski definition) is 1. The maximum Gasteiger partial charge on any atom is 0.131 e. The fourth-order valence-corrected chi connectivity index (χ4v) is 5.63. The Bertz CT molecular complexity index is 769. The molecule has 0 spiro atoms. The van der Waals surface area contributed by atoms with Gasteiger partial charge in [0, 0.05) is 5.41 Å². The minimum Gasteiger partial charge on any atom is -0.497 e. The summed E-state index contributed by atoms with van der Waals surface area (Å²) < 4.78 is 5.41. The van der Waals surface area contributed by atoms with Crippen LogP contribution >= 0.6 is 0 Å². The molecule has 1 saturated carbocycles. The minimum absolute atomic E-state index is 0.182. The van der Waals surface area contributed by atoms with Crippen LogP contribution in [-0.2, 0) is 6.42 Å². The van der Waals surface area contributed by atoms with Crippen molar-refractivity contribution in [3.63, 3.8) is 0 Å². The SMILES string of the molecule is C#C[C@@]1(O)CC[C@H]2C3=C(CC[C@@]21C)c1ccc(OC)cc1CC3C. The molecule has 0 saturated heterocycles. The first-order chi connectivity index (χ1) is 11.4. The van der Waals surface area contributed by atoms with Gasteiger partial charge in [-0.05, 0) is 72.8 Å². The molecule has 1 fully saturated rings. The summed E-state index contributed by atoms with van der Waals surface area (Å²) in [6.45, 7) is 4.54. The Morgan fingerprint density at radius 3 is 2.83 bits per heavy atom. The number of terminal acetylenes is 1. The highest BCUT2D eigenvalue weighted by Gasteiger charge is 2.59. The van der Waals surface area contributed by atoms with Crippen LogP contribution in [0.3, 0.4) is 0 Å². The molecular formula is C22H26O2. The van der Waals surface area contributed by atoms with E-state index in [1.807, 2.05) is 0 Å². The Labute approximate surface area is 144 Å². The third kappa shape index (κ3) is 1.88. The number of methoxy groups -OCH3 is 1. The molecule has 0 aromatic heterocycles. The zero-order valence-corrected chi connectivity index (χ0v) is 14.9. The van der Waals surface area contributed by atoms with E-state index in [0.717, 1.165) is 37.9 Å². The fourth-order valence-electron chi connectivity index (χ4n) is 5.63. The molecule has 0 amide bonds. The lowest BCUT2D eigenvalue weighted by Gasteiger charge is -2.48. The topological polar surface area (TPSA) is 29.5 Å². The van der Waals surface area contributed by atoms with Gasteiger partial charge in [-0.25, -0.2) is 0 Å².